The molecule has 1 aromatic rings. The standard InChI is InChI=1S/C15H23NO2/c1-9-7-10-13(17)12(16)5-6-18-14(10)11(8-9)15(2,3)4/h7-8,12-13,17H,5-6,16H2,1-4H3. The second kappa shape index (κ2) is 4.56. The minimum absolute atomic E-state index is 0.00966. The Morgan fingerprint density at radius 3 is 2.61 bits per heavy atom. The van der Waals surface area contributed by atoms with Gasteiger partial charge in [-0.05, 0) is 24.8 Å². The van der Waals surface area contributed by atoms with Gasteiger partial charge in [0.1, 0.15) is 5.75 Å². The van der Waals surface area contributed by atoms with E-state index in [9.17, 15) is 5.11 Å². The molecule has 3 heteroatoms. The fraction of sp³-hybridized carbons (Fsp3) is 0.600. The van der Waals surface area contributed by atoms with Crippen molar-refractivity contribution >= 4 is 0 Å². The molecular formula is C15H23NO2. The Kier molecular flexibility index (Phi) is 3.39. The van der Waals surface area contributed by atoms with Gasteiger partial charge in [0.25, 0.3) is 0 Å². The van der Waals surface area contributed by atoms with Crippen LogP contribution in [0.1, 0.15) is 50.0 Å². The lowest BCUT2D eigenvalue weighted by Gasteiger charge is -2.26. The van der Waals surface area contributed by atoms with Gasteiger partial charge in [0.15, 0.2) is 0 Å². The summed E-state index contributed by atoms with van der Waals surface area (Å²) in [6.07, 6.45) is 0.0434. The number of rotatable bonds is 0. The number of ether oxygens (including phenoxy) is 1. The van der Waals surface area contributed by atoms with Gasteiger partial charge in [-0.15, -0.1) is 0 Å². The number of benzene rings is 1. The van der Waals surface area contributed by atoms with E-state index in [0.29, 0.717) is 13.0 Å². The molecule has 1 aliphatic heterocycles. The average molecular weight is 249 g/mol. The summed E-state index contributed by atoms with van der Waals surface area (Å²) < 4.78 is 5.86. The van der Waals surface area contributed by atoms with E-state index < -0.39 is 6.10 Å². The zero-order chi connectivity index (χ0) is 13.5. The Hall–Kier alpha value is -1.06. The van der Waals surface area contributed by atoms with Crippen LogP contribution in [0.5, 0.6) is 5.75 Å². The molecule has 0 saturated carbocycles. The molecule has 1 aliphatic rings. The minimum Gasteiger partial charge on any atom is -0.493 e. The van der Waals surface area contributed by atoms with Crippen LogP contribution in [-0.4, -0.2) is 17.8 Å². The second-order valence-electron chi connectivity index (χ2n) is 6.23. The molecule has 0 spiro atoms. The Balaban J connectivity index is 2.62. The molecule has 0 fully saturated rings. The molecule has 0 aromatic heterocycles. The van der Waals surface area contributed by atoms with Crippen molar-refractivity contribution in [3.8, 4) is 5.75 Å². The van der Waals surface area contributed by atoms with Crippen molar-refractivity contribution in [2.75, 3.05) is 6.61 Å². The topological polar surface area (TPSA) is 55.5 Å². The van der Waals surface area contributed by atoms with Crippen molar-refractivity contribution in [3.63, 3.8) is 0 Å². The average Bonchev–Trinajstić information content (AvgIpc) is 2.39. The summed E-state index contributed by atoms with van der Waals surface area (Å²) in [5.74, 6) is 0.827. The maximum Gasteiger partial charge on any atom is 0.128 e. The number of aryl methyl sites for hydroxylation is 1. The first kappa shape index (κ1) is 13.4. The fourth-order valence-corrected chi connectivity index (χ4v) is 2.42. The van der Waals surface area contributed by atoms with Gasteiger partial charge in [-0.25, -0.2) is 0 Å². The summed E-state index contributed by atoms with van der Waals surface area (Å²) in [5, 5.41) is 10.3. The van der Waals surface area contributed by atoms with Gasteiger partial charge in [0, 0.05) is 17.2 Å². The largest absolute Gasteiger partial charge is 0.493 e. The normalized spacial score (nSPS) is 24.1. The third-order valence-corrected chi connectivity index (χ3v) is 3.49. The Bertz CT molecular complexity index is 449. The number of aliphatic hydroxyl groups excluding tert-OH is 1. The molecule has 3 nitrogen and oxygen atoms in total. The maximum atomic E-state index is 10.3. The summed E-state index contributed by atoms with van der Waals surface area (Å²) in [6.45, 7) is 9.07. The van der Waals surface area contributed by atoms with Crippen LogP contribution >= 0.6 is 0 Å². The highest BCUT2D eigenvalue weighted by Gasteiger charge is 2.29. The van der Waals surface area contributed by atoms with Crippen molar-refractivity contribution in [2.24, 2.45) is 5.73 Å². The van der Waals surface area contributed by atoms with Crippen LogP contribution in [-0.2, 0) is 5.41 Å². The SMILES string of the molecule is Cc1cc2c(c(C(C)(C)C)c1)OCCC(N)C2O. The van der Waals surface area contributed by atoms with Crippen LogP contribution in [0, 0.1) is 6.92 Å². The molecule has 1 heterocycles. The smallest absolute Gasteiger partial charge is 0.128 e. The quantitative estimate of drug-likeness (QED) is 0.742. The Morgan fingerprint density at radius 2 is 2.00 bits per heavy atom. The summed E-state index contributed by atoms with van der Waals surface area (Å²) in [4.78, 5) is 0. The lowest BCUT2D eigenvalue weighted by Crippen LogP contribution is -2.28. The van der Waals surface area contributed by atoms with Gasteiger partial charge in [-0.3, -0.25) is 0 Å². The van der Waals surface area contributed by atoms with Gasteiger partial charge in [0.2, 0.25) is 0 Å². The zero-order valence-electron chi connectivity index (χ0n) is 11.7. The predicted molar refractivity (Wildman–Crippen MR) is 72.9 cm³/mol. The first-order valence-electron chi connectivity index (χ1n) is 6.52. The highest BCUT2D eigenvalue weighted by molar-refractivity contribution is 5.49. The third kappa shape index (κ3) is 2.38. The van der Waals surface area contributed by atoms with Gasteiger partial charge in [-0.1, -0.05) is 32.4 Å². The van der Waals surface area contributed by atoms with E-state index in [1.54, 1.807) is 0 Å². The number of aliphatic hydroxyl groups is 1. The van der Waals surface area contributed by atoms with E-state index in [0.717, 1.165) is 22.4 Å². The van der Waals surface area contributed by atoms with Crippen LogP contribution in [0.2, 0.25) is 0 Å². The Morgan fingerprint density at radius 1 is 1.33 bits per heavy atom. The van der Waals surface area contributed by atoms with Gasteiger partial charge in [0.05, 0.1) is 12.7 Å². The predicted octanol–water partition coefficient (Wildman–Crippen LogP) is 2.44. The van der Waals surface area contributed by atoms with Crippen molar-refractivity contribution in [1.29, 1.82) is 0 Å². The molecular weight excluding hydrogens is 226 g/mol. The summed E-state index contributed by atoms with van der Waals surface area (Å²) in [7, 11) is 0. The molecule has 1 aromatic carbocycles. The number of nitrogens with two attached hydrogens (primary N) is 1. The lowest BCUT2D eigenvalue weighted by atomic mass is 9.83. The molecule has 0 amide bonds. The van der Waals surface area contributed by atoms with E-state index in [4.69, 9.17) is 10.5 Å². The highest BCUT2D eigenvalue weighted by Crippen LogP contribution is 2.40. The van der Waals surface area contributed by atoms with Crippen LogP contribution in [0.4, 0.5) is 0 Å². The Labute approximate surface area is 109 Å². The molecule has 0 aliphatic carbocycles. The van der Waals surface area contributed by atoms with E-state index in [-0.39, 0.29) is 11.5 Å². The highest BCUT2D eigenvalue weighted by atomic mass is 16.5. The fourth-order valence-electron chi connectivity index (χ4n) is 2.42. The molecule has 100 valence electrons. The molecule has 0 radical (unpaired) electrons. The van der Waals surface area contributed by atoms with Crippen molar-refractivity contribution < 1.29 is 9.84 Å². The molecule has 2 rings (SSSR count). The van der Waals surface area contributed by atoms with Crippen molar-refractivity contribution in [1.82, 2.24) is 0 Å². The number of hydrogen-bond donors (Lipinski definition) is 2. The molecule has 0 saturated heterocycles. The number of hydrogen-bond acceptors (Lipinski definition) is 3. The molecule has 2 atom stereocenters. The lowest BCUT2D eigenvalue weighted by molar-refractivity contribution is 0.144. The van der Waals surface area contributed by atoms with Crippen molar-refractivity contribution in [2.45, 2.75) is 51.7 Å². The van der Waals surface area contributed by atoms with Gasteiger partial charge >= 0.3 is 0 Å². The molecule has 2 unspecified atom stereocenters. The van der Waals surface area contributed by atoms with Crippen LogP contribution < -0.4 is 10.5 Å². The number of fused-ring (bicyclic) bond motifs is 1. The van der Waals surface area contributed by atoms with Gasteiger partial charge < -0.3 is 15.6 Å². The third-order valence-electron chi connectivity index (χ3n) is 3.49. The van der Waals surface area contributed by atoms with Crippen LogP contribution in [0.25, 0.3) is 0 Å². The van der Waals surface area contributed by atoms with Gasteiger partial charge in [-0.2, -0.15) is 0 Å². The molecule has 3 N–H and O–H groups in total. The first-order chi connectivity index (χ1) is 8.30. The first-order valence-corrected chi connectivity index (χ1v) is 6.52. The van der Waals surface area contributed by atoms with Crippen LogP contribution in [0.3, 0.4) is 0 Å². The second-order valence-corrected chi connectivity index (χ2v) is 6.23. The molecule has 0 bridgehead atoms. The maximum absolute atomic E-state index is 10.3. The van der Waals surface area contributed by atoms with Crippen LogP contribution in [0.15, 0.2) is 12.1 Å². The van der Waals surface area contributed by atoms with Crippen molar-refractivity contribution in [3.05, 3.63) is 28.8 Å². The zero-order valence-corrected chi connectivity index (χ0v) is 11.7. The summed E-state index contributed by atoms with van der Waals surface area (Å²) in [5.41, 5.74) is 9.08. The summed E-state index contributed by atoms with van der Waals surface area (Å²) in [6, 6.07) is 3.88. The minimum atomic E-state index is -0.636. The summed E-state index contributed by atoms with van der Waals surface area (Å²) >= 11 is 0. The monoisotopic (exact) mass is 249 g/mol. The van der Waals surface area contributed by atoms with E-state index in [1.807, 2.05) is 13.0 Å². The van der Waals surface area contributed by atoms with E-state index >= 15 is 0 Å². The molecule has 18 heavy (non-hydrogen) atoms. The van der Waals surface area contributed by atoms with E-state index in [1.165, 1.54) is 0 Å². The van der Waals surface area contributed by atoms with E-state index in [2.05, 4.69) is 26.8 Å².